The van der Waals surface area contributed by atoms with E-state index in [1.54, 1.807) is 0 Å². The summed E-state index contributed by atoms with van der Waals surface area (Å²) in [6, 6.07) is 0. The highest BCUT2D eigenvalue weighted by Gasteiger charge is 1.96. The van der Waals surface area contributed by atoms with Gasteiger partial charge < -0.3 is 0 Å². The molecule has 11 heavy (non-hydrogen) atoms. The number of nitrogens with one attached hydrogen (secondary N) is 2. The van der Waals surface area contributed by atoms with Gasteiger partial charge in [0.25, 0.3) is 0 Å². The number of hydrogen-bond donors (Lipinski definition) is 2. The van der Waals surface area contributed by atoms with Gasteiger partial charge in [-0.1, -0.05) is 13.3 Å². The molecule has 0 aliphatic rings. The lowest BCUT2D eigenvalue weighted by molar-refractivity contribution is 0.551. The largest absolute Gasteiger partial charge is 0.344 e. The highest BCUT2D eigenvalue weighted by Crippen LogP contribution is 1.86. The summed E-state index contributed by atoms with van der Waals surface area (Å²) >= 11 is 0. The summed E-state index contributed by atoms with van der Waals surface area (Å²) in [7, 11) is 0. The number of unbranched alkanes of at least 4 members (excludes halogenated alkanes) is 1. The Kier molecular flexibility index (Phi) is 2.30. The van der Waals surface area contributed by atoms with Gasteiger partial charge in [0.05, 0.1) is 0 Å². The number of nitrogens with zero attached hydrogens (tertiary/aromatic N) is 1. The van der Waals surface area contributed by atoms with E-state index in [9.17, 15) is 9.59 Å². The molecular formula is C6H11N3O2. The lowest BCUT2D eigenvalue weighted by Gasteiger charge is -1.95. The molecule has 5 nitrogen and oxygen atoms in total. The number of H-pyrrole nitrogens is 2. The van der Waals surface area contributed by atoms with Crippen molar-refractivity contribution < 1.29 is 0 Å². The molecule has 0 saturated heterocycles. The predicted molar refractivity (Wildman–Crippen MR) is 40.6 cm³/mol. The second-order valence-electron chi connectivity index (χ2n) is 2.38. The third kappa shape index (κ3) is 1.83. The molecule has 0 aliphatic carbocycles. The first-order valence-corrected chi connectivity index (χ1v) is 3.63. The molecule has 0 bridgehead atoms. The Balaban J connectivity index is 2.78. The first-order valence-electron chi connectivity index (χ1n) is 3.63. The van der Waals surface area contributed by atoms with Crippen LogP contribution in [-0.4, -0.2) is 14.8 Å². The summed E-state index contributed by atoms with van der Waals surface area (Å²) in [5, 5.41) is 2.37. The molecule has 0 fully saturated rings. The lowest BCUT2D eigenvalue weighted by Crippen LogP contribution is -2.17. The Hall–Kier alpha value is -1.26. The first-order chi connectivity index (χ1) is 5.24. The molecule has 1 aromatic rings. The zero-order valence-electron chi connectivity index (χ0n) is 6.39. The van der Waals surface area contributed by atoms with Crippen LogP contribution in [0.3, 0.4) is 0 Å². The van der Waals surface area contributed by atoms with E-state index in [1.807, 2.05) is 6.92 Å². The van der Waals surface area contributed by atoms with Crippen molar-refractivity contribution in [3.8, 4) is 0 Å². The van der Waals surface area contributed by atoms with Gasteiger partial charge in [-0.2, -0.15) is 0 Å². The average Bonchev–Trinajstić information content (AvgIpc) is 2.26. The summed E-state index contributed by atoms with van der Waals surface area (Å²) in [4.78, 5) is 23.5. The van der Waals surface area contributed by atoms with Crippen LogP contribution < -0.4 is 11.4 Å². The van der Waals surface area contributed by atoms with Crippen molar-refractivity contribution in [3.05, 3.63) is 21.0 Å². The van der Waals surface area contributed by atoms with E-state index in [0.29, 0.717) is 6.54 Å². The van der Waals surface area contributed by atoms with E-state index < -0.39 is 5.69 Å². The Morgan fingerprint density at radius 3 is 2.64 bits per heavy atom. The lowest BCUT2D eigenvalue weighted by atomic mass is 10.3. The van der Waals surface area contributed by atoms with E-state index in [4.69, 9.17) is 0 Å². The molecule has 0 saturated carbocycles. The van der Waals surface area contributed by atoms with Crippen molar-refractivity contribution in [2.45, 2.75) is 26.3 Å². The fourth-order valence-corrected chi connectivity index (χ4v) is 0.840. The SMILES string of the molecule is CCCCn1[nH]c(=O)[nH]c1=O. The second kappa shape index (κ2) is 3.23. The molecule has 0 atom stereocenters. The number of aryl methyl sites for hydroxylation is 1. The average molecular weight is 157 g/mol. The first kappa shape index (κ1) is 7.84. The van der Waals surface area contributed by atoms with Crippen molar-refractivity contribution in [1.29, 1.82) is 0 Å². The Morgan fingerprint density at radius 1 is 1.45 bits per heavy atom. The van der Waals surface area contributed by atoms with Gasteiger partial charge in [0.1, 0.15) is 0 Å². The molecule has 0 aromatic carbocycles. The van der Waals surface area contributed by atoms with Crippen LogP contribution in [0.15, 0.2) is 9.59 Å². The van der Waals surface area contributed by atoms with Crippen molar-refractivity contribution in [3.63, 3.8) is 0 Å². The molecule has 62 valence electrons. The van der Waals surface area contributed by atoms with Gasteiger partial charge in [0, 0.05) is 6.54 Å². The monoisotopic (exact) mass is 157 g/mol. The minimum Gasteiger partial charge on any atom is -0.257 e. The molecule has 1 heterocycles. The topological polar surface area (TPSA) is 70.7 Å². The van der Waals surface area contributed by atoms with Crippen molar-refractivity contribution in [1.82, 2.24) is 14.8 Å². The van der Waals surface area contributed by atoms with E-state index in [2.05, 4.69) is 10.1 Å². The van der Waals surface area contributed by atoms with Crippen molar-refractivity contribution in [2.24, 2.45) is 0 Å². The van der Waals surface area contributed by atoms with Gasteiger partial charge >= 0.3 is 11.4 Å². The minimum absolute atomic E-state index is 0.358. The van der Waals surface area contributed by atoms with Crippen LogP contribution in [0, 0.1) is 0 Å². The Bertz CT molecular complexity index is 319. The summed E-state index contributed by atoms with van der Waals surface area (Å²) in [6.45, 7) is 2.60. The molecule has 0 amide bonds. The van der Waals surface area contributed by atoms with Crippen LogP contribution in [-0.2, 0) is 6.54 Å². The maximum absolute atomic E-state index is 10.8. The minimum atomic E-state index is -0.439. The van der Waals surface area contributed by atoms with Gasteiger partial charge in [-0.15, -0.1) is 0 Å². The molecule has 0 spiro atoms. The second-order valence-corrected chi connectivity index (χ2v) is 2.38. The van der Waals surface area contributed by atoms with Crippen LogP contribution in [0.5, 0.6) is 0 Å². The molecule has 0 radical (unpaired) electrons. The highest BCUT2D eigenvalue weighted by molar-refractivity contribution is 4.60. The zero-order valence-corrected chi connectivity index (χ0v) is 6.39. The number of aromatic amines is 2. The number of hydrogen-bond acceptors (Lipinski definition) is 2. The van der Waals surface area contributed by atoms with E-state index in [1.165, 1.54) is 4.68 Å². The zero-order chi connectivity index (χ0) is 8.27. The molecule has 1 aromatic heterocycles. The van der Waals surface area contributed by atoms with Crippen LogP contribution in [0.2, 0.25) is 0 Å². The Labute approximate surface area is 63.0 Å². The van der Waals surface area contributed by atoms with Crippen LogP contribution in [0.4, 0.5) is 0 Å². The van der Waals surface area contributed by atoms with Gasteiger partial charge in [-0.25, -0.2) is 19.4 Å². The fourth-order valence-electron chi connectivity index (χ4n) is 0.840. The van der Waals surface area contributed by atoms with Crippen LogP contribution in [0.25, 0.3) is 0 Å². The summed E-state index contributed by atoms with van der Waals surface area (Å²) in [6.07, 6.45) is 1.90. The predicted octanol–water partition coefficient (Wildman–Crippen LogP) is -0.335. The van der Waals surface area contributed by atoms with Crippen molar-refractivity contribution >= 4 is 0 Å². The molecule has 5 heteroatoms. The number of aromatic nitrogens is 3. The quantitative estimate of drug-likeness (QED) is 0.630. The fraction of sp³-hybridized carbons (Fsp3) is 0.667. The highest BCUT2D eigenvalue weighted by atomic mass is 16.2. The summed E-state index contributed by atoms with van der Waals surface area (Å²) < 4.78 is 1.28. The standard InChI is InChI=1S/C6H11N3O2/c1-2-3-4-9-6(11)7-5(10)8-9/h2-4H2,1H3,(H2,7,8,10,11). The van der Waals surface area contributed by atoms with Gasteiger partial charge in [-0.05, 0) is 6.42 Å². The molecule has 0 unspecified atom stereocenters. The van der Waals surface area contributed by atoms with E-state index in [0.717, 1.165) is 12.8 Å². The van der Waals surface area contributed by atoms with Crippen LogP contribution in [0.1, 0.15) is 19.8 Å². The van der Waals surface area contributed by atoms with Gasteiger partial charge in [-0.3, -0.25) is 4.98 Å². The summed E-state index contributed by atoms with van der Waals surface area (Å²) in [5.74, 6) is 0. The third-order valence-corrected chi connectivity index (χ3v) is 1.44. The van der Waals surface area contributed by atoms with E-state index >= 15 is 0 Å². The third-order valence-electron chi connectivity index (χ3n) is 1.44. The van der Waals surface area contributed by atoms with Crippen LogP contribution >= 0.6 is 0 Å². The maximum Gasteiger partial charge on any atom is 0.344 e. The number of rotatable bonds is 3. The molecule has 1 rings (SSSR count). The maximum atomic E-state index is 10.8. The molecular weight excluding hydrogens is 146 g/mol. The smallest absolute Gasteiger partial charge is 0.257 e. The molecule has 0 aliphatic heterocycles. The van der Waals surface area contributed by atoms with Gasteiger partial charge in [0.2, 0.25) is 0 Å². The van der Waals surface area contributed by atoms with Crippen molar-refractivity contribution in [2.75, 3.05) is 0 Å². The van der Waals surface area contributed by atoms with Gasteiger partial charge in [0.15, 0.2) is 0 Å². The summed E-state index contributed by atoms with van der Waals surface area (Å²) in [5.41, 5.74) is -0.797. The van der Waals surface area contributed by atoms with E-state index in [-0.39, 0.29) is 5.69 Å². The normalized spacial score (nSPS) is 10.3. The Morgan fingerprint density at radius 2 is 2.18 bits per heavy atom. The molecule has 2 N–H and O–H groups in total.